The number of halogens is 1. The third-order valence-electron chi connectivity index (χ3n) is 22.6. The van der Waals surface area contributed by atoms with Crippen molar-refractivity contribution in [2.75, 3.05) is 128 Å². The smallest absolute Gasteiger partial charge is 0.227 e. The number of fused-ring (bicyclic) bond motifs is 12. The predicted molar refractivity (Wildman–Crippen MR) is 537 cm³/mol. The number of unbranched alkanes of at least 4 members (excludes halogenated alkanes) is 1. The summed E-state index contributed by atoms with van der Waals surface area (Å²) in [4.78, 5) is 68.4. The Morgan fingerprint density at radius 3 is 1.14 bits per heavy atom. The van der Waals surface area contributed by atoms with Gasteiger partial charge in [0, 0.05) is 161 Å². The highest BCUT2D eigenvalue weighted by Gasteiger charge is 2.26. The van der Waals surface area contributed by atoms with E-state index in [2.05, 4.69) is 226 Å². The van der Waals surface area contributed by atoms with Gasteiger partial charge in [-0.2, -0.15) is 0 Å². The predicted octanol–water partition coefficient (Wildman–Crippen LogP) is 19.3. The Labute approximate surface area is 772 Å². The standard InChI is InChI=1S/C26H30N6S.C25H31N7S.C24H27ClN6S.C22H24N6S/c1-17-6-7-21-23(12-17)29-24(33)14-20-16-28-26(31-25(20)21)30-22-13-19(15-27-18(22)2)8-11-32-9-4-3-5-10-32;1-16-7-8-19-21(13-16)28-23(33)14-18-15-26-25(30-24(18)19)29-20-9-10-22(27-17(20)2)32(5)12-6-11-31(3)4;1-15-20(10-16(13-26-15)6-4-5-9-31(2)3)29-24-27-14-17-11-22(32)28-21-12-18(25)7-8-19(21)23(17)30-24;1-13-5-6-17-19(8-13)26-20(29)10-16-12-25-22(28-21(16)17)27-18-9-15(4-3-7-23)11-24-14(18)2/h6-7,12-13,15-16H,3-5,8-11,14H2,1-2H3,(H,29,33)(H,28,30,31);7-10,13,15H,6,11-12,14H2,1-5H3,(H,28,33)(H,26,29,30);7-8,10,12-14H,4-6,9,11H2,1-3H3,(H,28,32)(H,27,29,30);5-6,8-9,11-12H,3-4,7,10,23H2,1-2H3,(H,26,29)(H,25,27,28). The highest BCUT2D eigenvalue weighted by molar-refractivity contribution is 7.81. The molecule has 0 atom stereocenters. The Bertz CT molecular complexity index is 6040. The van der Waals surface area contributed by atoms with Crippen LogP contribution in [0, 0.1) is 48.5 Å². The maximum absolute atomic E-state index is 6.20. The first-order valence-electron chi connectivity index (χ1n) is 43.4. The number of benzene rings is 4. The average molecular weight is 1790 g/mol. The molecule has 5 aliphatic rings. The molecule has 13 heterocycles. The van der Waals surface area contributed by atoms with Crippen molar-refractivity contribution in [2.45, 2.75) is 138 Å². The first-order valence-corrected chi connectivity index (χ1v) is 45.4. The van der Waals surface area contributed by atoms with Crippen molar-refractivity contribution in [3.05, 3.63) is 230 Å². The van der Waals surface area contributed by atoms with Gasteiger partial charge in [-0.25, -0.2) is 44.9 Å². The number of aromatic nitrogens is 12. The van der Waals surface area contributed by atoms with E-state index in [1.54, 1.807) is 0 Å². The van der Waals surface area contributed by atoms with Crippen molar-refractivity contribution in [1.82, 2.24) is 74.5 Å². The summed E-state index contributed by atoms with van der Waals surface area (Å²) >= 11 is 28.2. The maximum Gasteiger partial charge on any atom is 0.227 e. The summed E-state index contributed by atoms with van der Waals surface area (Å²) in [7, 11) is 10.5. The number of aryl methyl sites for hydroxylation is 9. The van der Waals surface area contributed by atoms with Crippen LogP contribution in [0.15, 0.2) is 147 Å². The van der Waals surface area contributed by atoms with Gasteiger partial charge >= 0.3 is 0 Å². The minimum atomic E-state index is 0.534. The van der Waals surface area contributed by atoms with Crippen LogP contribution in [0.5, 0.6) is 0 Å². The Morgan fingerprint density at radius 2 is 0.748 bits per heavy atom. The monoisotopic (exact) mass is 1790 g/mol. The molecule has 0 aliphatic carbocycles. The number of nitrogens with zero attached hydrogens (tertiary/aromatic N) is 16. The molecule has 8 aromatic heterocycles. The quantitative estimate of drug-likeness (QED) is 0.0201. The number of hydrogen-bond donors (Lipinski definition) is 9. The van der Waals surface area contributed by atoms with Gasteiger partial charge in [-0.05, 0) is 267 Å². The van der Waals surface area contributed by atoms with Gasteiger partial charge in [0.25, 0.3) is 0 Å². The molecule has 0 bridgehead atoms. The van der Waals surface area contributed by atoms with Crippen molar-refractivity contribution in [1.29, 1.82) is 0 Å². The van der Waals surface area contributed by atoms with Crippen molar-refractivity contribution in [3.8, 4) is 45.0 Å². The summed E-state index contributed by atoms with van der Waals surface area (Å²) in [6.07, 6.45) is 27.0. The van der Waals surface area contributed by atoms with Crippen LogP contribution < -0.4 is 53.2 Å². The van der Waals surface area contributed by atoms with Gasteiger partial charge in [0.05, 0.1) is 88.3 Å². The summed E-state index contributed by atoms with van der Waals surface area (Å²) in [6.45, 7) is 21.5. The van der Waals surface area contributed by atoms with Gasteiger partial charge in [-0.15, -0.1) is 0 Å². The molecule has 0 saturated carbocycles. The van der Waals surface area contributed by atoms with Gasteiger partial charge in [-0.1, -0.05) is 103 Å². The Hall–Kier alpha value is -11.5. The summed E-state index contributed by atoms with van der Waals surface area (Å²) in [5.74, 6) is 3.16. The molecule has 127 heavy (non-hydrogen) atoms. The van der Waals surface area contributed by atoms with Crippen molar-refractivity contribution >= 4 is 156 Å². The van der Waals surface area contributed by atoms with E-state index in [1.165, 1.54) is 60.2 Å². The van der Waals surface area contributed by atoms with Crippen molar-refractivity contribution in [3.63, 3.8) is 0 Å². The fourth-order valence-electron chi connectivity index (χ4n) is 15.7. The van der Waals surface area contributed by atoms with Crippen LogP contribution in [0.3, 0.4) is 0 Å². The van der Waals surface area contributed by atoms with Crippen LogP contribution in [-0.4, -0.2) is 176 Å². The highest BCUT2D eigenvalue weighted by atomic mass is 35.5. The molecule has 0 radical (unpaired) electrons. The molecule has 0 amide bonds. The zero-order valence-corrected chi connectivity index (χ0v) is 78.5. The summed E-state index contributed by atoms with van der Waals surface area (Å²) in [6, 6.07) is 35.1. The molecule has 0 unspecified atom stereocenters. The molecule has 30 heteroatoms. The lowest BCUT2D eigenvalue weighted by molar-refractivity contribution is 0.231. The van der Waals surface area contributed by atoms with E-state index in [1.807, 2.05) is 101 Å². The highest BCUT2D eigenvalue weighted by Crippen LogP contribution is 2.40. The number of pyridine rings is 4. The SMILES string of the molecule is Cc1ccc2c(c1)NC(=S)Cc1cnc(Nc3cc(CCCN)cnc3C)nc1-2.Cc1ccc2c(c1)NC(=S)Cc1cnc(Nc3cc(CCN4CCCCC4)cnc3C)nc1-2.Cc1ccc2c(c1)NC(=S)Cc1cnc(Nc3ccc(N(C)CCCN(C)C)nc3C)nc1-2.Cc1ncc(CCCCN(C)C)cc1Nc1ncc2c(n1)-c1ccc(Cl)cc1NC(=S)C2. The third-order valence-corrected chi connectivity index (χ3v) is 23.8. The van der Waals surface area contributed by atoms with Gasteiger partial charge < -0.3 is 67.9 Å². The van der Waals surface area contributed by atoms with Crippen LogP contribution in [0.2, 0.25) is 5.02 Å². The van der Waals surface area contributed by atoms with Gasteiger partial charge in [-0.3, -0.25) is 15.0 Å². The average Bonchev–Trinajstić information content (AvgIpc) is 1.70. The molecule has 0 spiro atoms. The first kappa shape index (κ1) is 91.7. The zero-order chi connectivity index (χ0) is 89.4. The van der Waals surface area contributed by atoms with E-state index < -0.39 is 0 Å². The number of likely N-dealkylation sites (tertiary alicyclic amines) is 1. The molecule has 12 aromatic rings. The van der Waals surface area contributed by atoms with Gasteiger partial charge in [0.2, 0.25) is 23.8 Å². The molecule has 17 rings (SSSR count). The van der Waals surface area contributed by atoms with Crippen LogP contribution in [0.1, 0.15) is 123 Å². The van der Waals surface area contributed by atoms with E-state index in [-0.39, 0.29) is 0 Å². The number of rotatable bonds is 24. The number of nitrogens with one attached hydrogen (secondary N) is 8. The lowest BCUT2D eigenvalue weighted by Gasteiger charge is -2.26. The molecular weight excluding hydrogens is 1680 g/mol. The maximum atomic E-state index is 6.20. The molecule has 5 aliphatic heterocycles. The molecule has 1 saturated heterocycles. The third kappa shape index (κ3) is 24.6. The number of anilines is 13. The topological polar surface area (TPSA) is 290 Å². The molecule has 4 aromatic carbocycles. The largest absolute Gasteiger partial charge is 0.360 e. The Morgan fingerprint density at radius 1 is 0.378 bits per heavy atom. The summed E-state index contributed by atoms with van der Waals surface area (Å²) in [5.41, 5.74) is 35.6. The number of thiocarbonyl (C=S) groups is 4. The molecule has 1 fully saturated rings. The Kier molecular flexibility index (Phi) is 30.9. The minimum Gasteiger partial charge on any atom is -0.360 e. The van der Waals surface area contributed by atoms with Gasteiger partial charge in [0.1, 0.15) is 5.82 Å². The van der Waals surface area contributed by atoms with E-state index in [0.29, 0.717) is 61.0 Å². The van der Waals surface area contributed by atoms with Crippen molar-refractivity contribution < 1.29 is 0 Å². The van der Waals surface area contributed by atoms with Gasteiger partial charge in [0.15, 0.2) is 0 Å². The second kappa shape index (κ2) is 42.9. The fraction of sp³-hybridized carbons (Fsp3) is 0.340. The van der Waals surface area contributed by atoms with Crippen LogP contribution in [-0.2, 0) is 44.9 Å². The lowest BCUT2D eigenvalue weighted by Crippen LogP contribution is -2.31. The minimum absolute atomic E-state index is 0.534. The second-order valence-corrected chi connectivity index (χ2v) is 36.0. The van der Waals surface area contributed by atoms with Crippen LogP contribution in [0.4, 0.5) is 75.1 Å². The normalized spacial score (nSPS) is 13.5. The van der Waals surface area contributed by atoms with E-state index in [9.17, 15) is 0 Å². The first-order chi connectivity index (χ1) is 61.3. The molecular formula is C97H112ClN25S4. The number of hydrogen-bond acceptors (Lipinski definition) is 25. The molecule has 25 nitrogen and oxygen atoms in total. The lowest BCUT2D eigenvalue weighted by atomic mass is 10.0. The summed E-state index contributed by atoms with van der Waals surface area (Å²) < 4.78 is 0. The van der Waals surface area contributed by atoms with E-state index in [0.717, 1.165) is 238 Å². The summed E-state index contributed by atoms with van der Waals surface area (Å²) in [5, 5.41) is 27.5. The van der Waals surface area contributed by atoms with Crippen LogP contribution >= 0.6 is 60.5 Å². The van der Waals surface area contributed by atoms with Crippen molar-refractivity contribution in [2.24, 2.45) is 5.73 Å². The Balaban J connectivity index is 0.000000137. The zero-order valence-electron chi connectivity index (χ0n) is 74.4. The van der Waals surface area contributed by atoms with Crippen LogP contribution in [0.25, 0.3) is 45.0 Å². The number of nitrogens with two attached hydrogens (primary N) is 1. The van der Waals surface area contributed by atoms with E-state index in [4.69, 9.17) is 91.1 Å². The second-order valence-electron chi connectivity index (χ2n) is 33.6. The molecule has 10 N–H and O–H groups in total. The fourth-order valence-corrected chi connectivity index (χ4v) is 16.9. The molecule has 656 valence electrons. The van der Waals surface area contributed by atoms with E-state index >= 15 is 0 Å². The number of piperidine rings is 1.